The molecule has 0 N–H and O–H groups in total. The predicted octanol–water partition coefficient (Wildman–Crippen LogP) is 3.55. The van der Waals surface area contributed by atoms with E-state index >= 15 is 0 Å². The van der Waals surface area contributed by atoms with Crippen molar-refractivity contribution in [3.63, 3.8) is 0 Å². The van der Waals surface area contributed by atoms with Crippen molar-refractivity contribution in [2.75, 3.05) is 0 Å². The maximum atomic E-state index is 12.1. The average molecular weight is 258 g/mol. The Bertz CT molecular complexity index is 635. The minimum Gasteiger partial charge on any atom is -0.466 e. The molecule has 0 bridgehead atoms. The van der Waals surface area contributed by atoms with Crippen LogP contribution < -0.4 is 0 Å². The zero-order chi connectivity index (χ0) is 14.3. The summed E-state index contributed by atoms with van der Waals surface area (Å²) in [7, 11) is 0. The molecule has 1 aliphatic carbocycles. The number of furan rings is 1. The van der Waals surface area contributed by atoms with Crippen molar-refractivity contribution in [3.05, 3.63) is 39.9 Å². The van der Waals surface area contributed by atoms with Gasteiger partial charge in [-0.25, -0.2) is 0 Å². The van der Waals surface area contributed by atoms with E-state index in [9.17, 15) is 9.59 Å². The van der Waals surface area contributed by atoms with Gasteiger partial charge in [0.15, 0.2) is 11.6 Å². The summed E-state index contributed by atoms with van der Waals surface area (Å²) in [6, 6.07) is 1.91. The van der Waals surface area contributed by atoms with E-state index in [0.29, 0.717) is 11.1 Å². The first-order valence-corrected chi connectivity index (χ1v) is 6.35. The van der Waals surface area contributed by atoms with Crippen LogP contribution in [0.15, 0.2) is 27.2 Å². The Morgan fingerprint density at radius 2 is 1.63 bits per heavy atom. The van der Waals surface area contributed by atoms with Crippen LogP contribution in [-0.2, 0) is 9.59 Å². The molecule has 1 aliphatic rings. The summed E-state index contributed by atoms with van der Waals surface area (Å²) in [5, 5.41) is 0. The molecule has 19 heavy (non-hydrogen) atoms. The van der Waals surface area contributed by atoms with E-state index in [1.54, 1.807) is 0 Å². The number of Topliss-reactive ketones (excluding diaryl/α,β-unsaturated/α-hetero) is 2. The number of hydrogen-bond acceptors (Lipinski definition) is 3. The van der Waals surface area contributed by atoms with Gasteiger partial charge in [0.1, 0.15) is 11.5 Å². The van der Waals surface area contributed by atoms with Crippen molar-refractivity contribution in [2.24, 2.45) is 0 Å². The van der Waals surface area contributed by atoms with Crippen molar-refractivity contribution in [2.45, 2.75) is 41.0 Å². The first-order chi connectivity index (χ1) is 8.82. The lowest BCUT2D eigenvalue weighted by Crippen LogP contribution is -1.99. The molecule has 0 saturated heterocycles. The summed E-state index contributed by atoms with van der Waals surface area (Å²) in [4.78, 5) is 24.0. The molecule has 1 saturated carbocycles. The van der Waals surface area contributed by atoms with Crippen LogP contribution in [0.2, 0.25) is 0 Å². The minimum atomic E-state index is -0.0862. The Morgan fingerprint density at radius 3 is 2.11 bits per heavy atom. The van der Waals surface area contributed by atoms with Gasteiger partial charge < -0.3 is 4.42 Å². The van der Waals surface area contributed by atoms with Gasteiger partial charge in [-0.05, 0) is 46.3 Å². The van der Waals surface area contributed by atoms with Crippen LogP contribution in [0.3, 0.4) is 0 Å². The van der Waals surface area contributed by atoms with Crippen molar-refractivity contribution in [1.29, 1.82) is 0 Å². The third kappa shape index (κ3) is 2.21. The summed E-state index contributed by atoms with van der Waals surface area (Å²) in [5.41, 5.74) is 3.79. The second kappa shape index (κ2) is 4.65. The maximum absolute atomic E-state index is 12.1. The van der Waals surface area contributed by atoms with E-state index < -0.39 is 0 Å². The highest BCUT2D eigenvalue weighted by molar-refractivity contribution is 6.30. The Balaban J connectivity index is 2.69. The number of hydrogen-bond donors (Lipinski definition) is 0. The quantitative estimate of drug-likeness (QED) is 0.571. The lowest BCUT2D eigenvalue weighted by Gasteiger charge is -2.07. The topological polar surface area (TPSA) is 47.3 Å². The number of rotatable bonds is 1. The lowest BCUT2D eigenvalue weighted by atomic mass is 9.95. The molecule has 1 fully saturated rings. The zero-order valence-electron chi connectivity index (χ0n) is 12.0. The smallest absolute Gasteiger partial charge is 0.171 e. The fraction of sp³-hybridized carbons (Fsp3) is 0.375. The summed E-state index contributed by atoms with van der Waals surface area (Å²) in [6.07, 6.45) is -0.0108. The fourth-order valence-corrected chi connectivity index (χ4v) is 2.66. The molecular weight excluding hydrogens is 240 g/mol. The molecule has 3 heteroatoms. The van der Waals surface area contributed by atoms with E-state index in [0.717, 1.165) is 28.2 Å². The monoisotopic (exact) mass is 258 g/mol. The highest BCUT2D eigenvalue weighted by atomic mass is 16.3. The van der Waals surface area contributed by atoms with Gasteiger partial charge in [-0.3, -0.25) is 9.59 Å². The van der Waals surface area contributed by atoms with Crippen LogP contribution in [0, 0.1) is 13.8 Å². The highest BCUT2D eigenvalue weighted by Crippen LogP contribution is 2.35. The predicted molar refractivity (Wildman–Crippen MR) is 73.8 cm³/mol. The fourth-order valence-electron chi connectivity index (χ4n) is 2.66. The van der Waals surface area contributed by atoms with Gasteiger partial charge in [0.2, 0.25) is 0 Å². The van der Waals surface area contributed by atoms with Crippen molar-refractivity contribution < 1.29 is 14.0 Å². The lowest BCUT2D eigenvalue weighted by molar-refractivity contribution is -0.120. The molecule has 100 valence electrons. The number of aryl methyl sites for hydroxylation is 2. The number of allylic oxidation sites excluding steroid dienone is 4. The van der Waals surface area contributed by atoms with Gasteiger partial charge in [-0.1, -0.05) is 5.57 Å². The van der Waals surface area contributed by atoms with E-state index in [-0.39, 0.29) is 18.0 Å². The molecule has 0 aromatic carbocycles. The van der Waals surface area contributed by atoms with Crippen molar-refractivity contribution in [3.8, 4) is 0 Å². The molecule has 1 aromatic heterocycles. The molecule has 0 atom stereocenters. The van der Waals surface area contributed by atoms with Gasteiger partial charge in [0.25, 0.3) is 0 Å². The molecule has 0 unspecified atom stereocenters. The van der Waals surface area contributed by atoms with Gasteiger partial charge >= 0.3 is 0 Å². The van der Waals surface area contributed by atoms with E-state index in [1.165, 1.54) is 0 Å². The van der Waals surface area contributed by atoms with Gasteiger partial charge in [0, 0.05) is 16.7 Å². The summed E-state index contributed by atoms with van der Waals surface area (Å²) >= 11 is 0. The van der Waals surface area contributed by atoms with Crippen LogP contribution in [-0.4, -0.2) is 11.6 Å². The molecule has 0 radical (unpaired) electrons. The molecule has 1 aromatic rings. The van der Waals surface area contributed by atoms with E-state index in [2.05, 4.69) is 0 Å². The summed E-state index contributed by atoms with van der Waals surface area (Å²) in [6.45, 7) is 9.36. The Hall–Kier alpha value is -1.90. The molecule has 2 rings (SSSR count). The second-order valence-corrected chi connectivity index (χ2v) is 5.23. The second-order valence-electron chi connectivity index (χ2n) is 5.23. The Kier molecular flexibility index (Phi) is 3.31. The first kappa shape index (κ1) is 13.5. The van der Waals surface area contributed by atoms with Crippen LogP contribution in [0.1, 0.15) is 44.3 Å². The third-order valence-corrected chi connectivity index (χ3v) is 3.45. The molecule has 0 spiro atoms. The van der Waals surface area contributed by atoms with Crippen molar-refractivity contribution >= 4 is 17.1 Å². The molecule has 0 aliphatic heterocycles. The zero-order valence-corrected chi connectivity index (χ0v) is 12.0. The molecular formula is C16H18O3. The van der Waals surface area contributed by atoms with E-state index in [1.807, 2.05) is 40.7 Å². The standard InChI is InChI=1S/C16H18O3/c1-8(2)15-13(17)7-14(18)16(15)10(4)12-6-9(3)19-11(12)5/h6H,7H2,1-5H3/b16-10-. The average Bonchev–Trinajstić information content (AvgIpc) is 2.77. The van der Waals surface area contributed by atoms with Crippen molar-refractivity contribution in [1.82, 2.24) is 0 Å². The van der Waals surface area contributed by atoms with Gasteiger partial charge in [-0.15, -0.1) is 0 Å². The largest absolute Gasteiger partial charge is 0.466 e. The summed E-state index contributed by atoms with van der Waals surface area (Å²) in [5.74, 6) is 1.43. The number of carbonyl (C=O) groups is 2. The van der Waals surface area contributed by atoms with Crippen LogP contribution in [0.5, 0.6) is 0 Å². The maximum Gasteiger partial charge on any atom is 0.171 e. The molecule has 3 nitrogen and oxygen atoms in total. The third-order valence-electron chi connectivity index (χ3n) is 3.45. The first-order valence-electron chi connectivity index (χ1n) is 6.35. The minimum absolute atomic E-state index is 0.0108. The normalized spacial score (nSPS) is 18.3. The van der Waals surface area contributed by atoms with Gasteiger partial charge in [0.05, 0.1) is 6.42 Å². The molecule has 0 amide bonds. The van der Waals surface area contributed by atoms with E-state index in [4.69, 9.17) is 4.42 Å². The van der Waals surface area contributed by atoms with Crippen LogP contribution >= 0.6 is 0 Å². The van der Waals surface area contributed by atoms with Crippen LogP contribution in [0.25, 0.3) is 5.57 Å². The number of carbonyl (C=O) groups excluding carboxylic acids is 2. The summed E-state index contributed by atoms with van der Waals surface area (Å²) < 4.78 is 5.51. The van der Waals surface area contributed by atoms with Crippen LogP contribution in [0.4, 0.5) is 0 Å². The Labute approximate surface area is 113 Å². The van der Waals surface area contributed by atoms with Gasteiger partial charge in [-0.2, -0.15) is 0 Å². The molecule has 1 heterocycles. The SMILES string of the molecule is CC(C)=C1C(=O)CC(=O)/C1=C(\C)c1cc(C)oc1C. The Morgan fingerprint density at radius 1 is 1.05 bits per heavy atom. The number of ketones is 2. The highest BCUT2D eigenvalue weighted by Gasteiger charge is 2.33.